The van der Waals surface area contributed by atoms with Crippen molar-refractivity contribution in [3.63, 3.8) is 0 Å². The third kappa shape index (κ3) is 3.37. The van der Waals surface area contributed by atoms with Crippen molar-refractivity contribution in [2.24, 2.45) is 5.73 Å². The maximum Gasteiger partial charge on any atom is 0.229 e. The lowest BCUT2D eigenvalue weighted by Gasteiger charge is -2.22. The largest absolute Gasteiger partial charge is 0.392 e. The van der Waals surface area contributed by atoms with Crippen LogP contribution in [-0.4, -0.2) is 50.1 Å². The zero-order valence-corrected chi connectivity index (χ0v) is 11.2. The second kappa shape index (κ2) is 4.55. The highest BCUT2D eigenvalue weighted by atomic mass is 32.3. The molecular formula is C7H14N2O4S3. The quantitative estimate of drug-likeness (QED) is 0.671. The van der Waals surface area contributed by atoms with Gasteiger partial charge in [-0.15, -0.1) is 0 Å². The third-order valence-electron chi connectivity index (χ3n) is 2.25. The summed E-state index contributed by atoms with van der Waals surface area (Å²) in [5, 5.41) is -0.890. The fraction of sp³-hybridized carbons (Fsp3) is 0.857. The summed E-state index contributed by atoms with van der Waals surface area (Å²) in [5.74, 6) is 0. The topological polar surface area (TPSA) is 97.5 Å². The van der Waals surface area contributed by atoms with Crippen molar-refractivity contribution in [2.45, 2.75) is 18.9 Å². The summed E-state index contributed by atoms with van der Waals surface area (Å²) in [7, 11) is -7.42. The van der Waals surface area contributed by atoms with E-state index in [1.807, 2.05) is 0 Å². The van der Waals surface area contributed by atoms with Gasteiger partial charge in [0, 0.05) is 12.8 Å². The van der Waals surface area contributed by atoms with Crippen LogP contribution in [0.4, 0.5) is 0 Å². The number of rotatable bonds is 4. The molecule has 1 saturated heterocycles. The fourth-order valence-electron chi connectivity index (χ4n) is 1.70. The van der Waals surface area contributed by atoms with E-state index >= 15 is 0 Å². The molecule has 1 rings (SSSR count). The molecule has 0 bridgehead atoms. The average molecular weight is 286 g/mol. The zero-order valence-electron chi connectivity index (χ0n) is 8.79. The second-order valence-electron chi connectivity index (χ2n) is 3.83. The van der Waals surface area contributed by atoms with Gasteiger partial charge in [-0.05, 0) is 12.8 Å². The monoisotopic (exact) mass is 286 g/mol. The van der Waals surface area contributed by atoms with Gasteiger partial charge in [-0.1, -0.05) is 12.2 Å². The Morgan fingerprint density at radius 2 is 2.00 bits per heavy atom. The van der Waals surface area contributed by atoms with Crippen molar-refractivity contribution in [3.8, 4) is 0 Å². The van der Waals surface area contributed by atoms with E-state index in [1.54, 1.807) is 0 Å². The molecule has 1 atom stereocenters. The van der Waals surface area contributed by atoms with Crippen LogP contribution in [0.25, 0.3) is 0 Å². The second-order valence-corrected chi connectivity index (χ2v) is 8.73. The number of hydrogen-bond donors (Lipinski definition) is 1. The molecule has 0 spiro atoms. The summed E-state index contributed by atoms with van der Waals surface area (Å²) in [6.45, 7) is 0.278. The number of nitrogens with zero attached hydrogens (tertiary/aromatic N) is 1. The molecule has 1 fully saturated rings. The Morgan fingerprint density at radius 3 is 2.44 bits per heavy atom. The number of nitrogens with two attached hydrogens (primary N) is 1. The standard InChI is InChI=1S/C7H14N2O4S3/c1-15(10,11)5-16(12,13)9-4-2-3-6(9)7(8)14/h6H,2-5H2,1H3,(H2,8,14). The number of sulfonamides is 1. The highest BCUT2D eigenvalue weighted by Gasteiger charge is 2.37. The number of sulfone groups is 1. The van der Waals surface area contributed by atoms with E-state index in [-0.39, 0.29) is 11.5 Å². The maximum absolute atomic E-state index is 11.8. The molecule has 1 aliphatic rings. The molecule has 0 radical (unpaired) electrons. The van der Waals surface area contributed by atoms with Crippen LogP contribution >= 0.6 is 12.2 Å². The summed E-state index contributed by atoms with van der Waals surface area (Å²) < 4.78 is 46.7. The lowest BCUT2D eigenvalue weighted by molar-refractivity contribution is 0.449. The molecule has 1 heterocycles. The lowest BCUT2D eigenvalue weighted by atomic mass is 10.2. The summed E-state index contributed by atoms with van der Waals surface area (Å²) in [6, 6.07) is -0.540. The maximum atomic E-state index is 11.8. The van der Waals surface area contributed by atoms with Gasteiger partial charge in [-0.2, -0.15) is 4.31 Å². The van der Waals surface area contributed by atoms with Gasteiger partial charge in [-0.3, -0.25) is 0 Å². The summed E-state index contributed by atoms with van der Waals surface area (Å²) >= 11 is 4.76. The van der Waals surface area contributed by atoms with E-state index in [2.05, 4.69) is 0 Å². The van der Waals surface area contributed by atoms with Crippen molar-refractivity contribution in [3.05, 3.63) is 0 Å². The van der Waals surface area contributed by atoms with Crippen LogP contribution in [0.15, 0.2) is 0 Å². The molecule has 1 unspecified atom stereocenters. The summed E-state index contributed by atoms with van der Waals surface area (Å²) in [5.41, 5.74) is 5.42. The zero-order chi connectivity index (χ0) is 12.6. The molecular weight excluding hydrogens is 272 g/mol. The first-order valence-electron chi connectivity index (χ1n) is 4.60. The highest BCUT2D eigenvalue weighted by Crippen LogP contribution is 2.22. The Hall–Kier alpha value is -0.250. The van der Waals surface area contributed by atoms with E-state index in [0.29, 0.717) is 12.8 Å². The predicted molar refractivity (Wildman–Crippen MR) is 65.1 cm³/mol. The summed E-state index contributed by atoms with van der Waals surface area (Å²) in [6.07, 6.45) is 2.08. The molecule has 0 aromatic carbocycles. The van der Waals surface area contributed by atoms with Gasteiger partial charge in [0.25, 0.3) is 0 Å². The van der Waals surface area contributed by atoms with Gasteiger partial charge >= 0.3 is 0 Å². The molecule has 2 N–H and O–H groups in total. The summed E-state index contributed by atoms with van der Waals surface area (Å²) in [4.78, 5) is 0.0922. The first-order chi connectivity index (χ1) is 7.13. The van der Waals surface area contributed by atoms with Crippen LogP contribution in [0.5, 0.6) is 0 Å². The van der Waals surface area contributed by atoms with Crippen molar-refractivity contribution in [1.29, 1.82) is 0 Å². The fourth-order valence-corrected chi connectivity index (χ4v) is 5.73. The van der Waals surface area contributed by atoms with Crippen LogP contribution in [0, 0.1) is 0 Å². The molecule has 16 heavy (non-hydrogen) atoms. The molecule has 0 aliphatic carbocycles. The predicted octanol–water partition coefficient (Wildman–Crippen LogP) is -0.931. The SMILES string of the molecule is CS(=O)(=O)CS(=O)(=O)N1CCCC1C(N)=S. The van der Waals surface area contributed by atoms with Gasteiger partial charge in [0.2, 0.25) is 10.0 Å². The van der Waals surface area contributed by atoms with Gasteiger partial charge < -0.3 is 5.73 Å². The lowest BCUT2D eigenvalue weighted by Crippen LogP contribution is -2.44. The van der Waals surface area contributed by atoms with E-state index in [1.165, 1.54) is 0 Å². The van der Waals surface area contributed by atoms with E-state index < -0.39 is 31.0 Å². The Morgan fingerprint density at radius 1 is 1.44 bits per heavy atom. The van der Waals surface area contributed by atoms with Crippen LogP contribution in [-0.2, 0) is 19.9 Å². The van der Waals surface area contributed by atoms with Gasteiger partial charge in [0.05, 0.1) is 11.0 Å². The third-order valence-corrected chi connectivity index (χ3v) is 6.58. The van der Waals surface area contributed by atoms with Crippen molar-refractivity contribution in [2.75, 3.05) is 17.9 Å². The average Bonchev–Trinajstić information content (AvgIpc) is 2.45. The van der Waals surface area contributed by atoms with Crippen LogP contribution in [0.3, 0.4) is 0 Å². The van der Waals surface area contributed by atoms with E-state index in [9.17, 15) is 16.8 Å². The smallest absolute Gasteiger partial charge is 0.229 e. The molecule has 0 saturated carbocycles. The minimum absolute atomic E-state index is 0.0922. The molecule has 0 aromatic rings. The normalized spacial score (nSPS) is 23.4. The Bertz CT molecular complexity index is 482. The van der Waals surface area contributed by atoms with Crippen molar-refractivity contribution >= 4 is 37.1 Å². The Balaban J connectivity index is 2.96. The number of thiocarbonyl (C=S) groups is 1. The molecule has 0 aromatic heterocycles. The first-order valence-corrected chi connectivity index (χ1v) is 8.68. The van der Waals surface area contributed by atoms with Crippen molar-refractivity contribution in [1.82, 2.24) is 4.31 Å². The van der Waals surface area contributed by atoms with Gasteiger partial charge in [0.1, 0.15) is 0 Å². The minimum Gasteiger partial charge on any atom is -0.392 e. The van der Waals surface area contributed by atoms with Crippen LogP contribution in [0.2, 0.25) is 0 Å². The Kier molecular flexibility index (Phi) is 3.93. The van der Waals surface area contributed by atoms with Gasteiger partial charge in [-0.25, -0.2) is 16.8 Å². The molecule has 9 heteroatoms. The molecule has 6 nitrogen and oxygen atoms in total. The molecule has 94 valence electrons. The van der Waals surface area contributed by atoms with Gasteiger partial charge in [0.15, 0.2) is 14.9 Å². The Labute approximate surface area is 101 Å². The molecule has 0 amide bonds. The van der Waals surface area contributed by atoms with Crippen molar-refractivity contribution < 1.29 is 16.8 Å². The highest BCUT2D eigenvalue weighted by molar-refractivity contribution is 8.06. The first kappa shape index (κ1) is 13.8. The number of hydrogen-bond acceptors (Lipinski definition) is 5. The molecule has 1 aliphatic heterocycles. The van der Waals surface area contributed by atoms with E-state index in [4.69, 9.17) is 18.0 Å². The van der Waals surface area contributed by atoms with E-state index in [0.717, 1.165) is 10.6 Å². The minimum atomic E-state index is -3.83. The van der Waals surface area contributed by atoms with Crippen LogP contribution in [0.1, 0.15) is 12.8 Å². The van der Waals surface area contributed by atoms with Crippen LogP contribution < -0.4 is 5.73 Å².